The van der Waals surface area contributed by atoms with Crippen LogP contribution >= 0.6 is 0 Å². The van der Waals surface area contributed by atoms with Gasteiger partial charge in [0.2, 0.25) is 0 Å². The Labute approximate surface area is 146 Å². The number of amides is 1. The topological polar surface area (TPSA) is 57.6 Å². The predicted molar refractivity (Wildman–Crippen MR) is 97.7 cm³/mol. The van der Waals surface area contributed by atoms with Crippen molar-refractivity contribution in [2.24, 2.45) is 11.8 Å². The molecular formula is C20H33NO3. The first-order valence-corrected chi connectivity index (χ1v) is 9.03. The Hall–Kier alpha value is -1.58. The number of carbonyl (C=O) groups is 2. The van der Waals surface area contributed by atoms with E-state index in [2.05, 4.69) is 26.8 Å². The molecule has 1 rings (SSSR count). The van der Waals surface area contributed by atoms with Gasteiger partial charge < -0.3 is 10.0 Å². The van der Waals surface area contributed by atoms with Crippen LogP contribution in [0.25, 0.3) is 0 Å². The van der Waals surface area contributed by atoms with Crippen LogP contribution in [0.1, 0.15) is 67.2 Å². The molecule has 0 radical (unpaired) electrons. The van der Waals surface area contributed by atoms with E-state index in [1.807, 2.05) is 13.8 Å². The van der Waals surface area contributed by atoms with E-state index in [0.717, 1.165) is 19.3 Å². The van der Waals surface area contributed by atoms with Gasteiger partial charge in [-0.3, -0.25) is 9.59 Å². The Morgan fingerprint density at radius 3 is 2.29 bits per heavy atom. The smallest absolute Gasteiger partial charge is 0.261 e. The van der Waals surface area contributed by atoms with Crippen LogP contribution in [-0.2, 0) is 9.59 Å². The van der Waals surface area contributed by atoms with Gasteiger partial charge in [0.25, 0.3) is 5.91 Å². The largest absolute Gasteiger partial charge is 0.512 e. The molecular weight excluding hydrogens is 302 g/mol. The third kappa shape index (κ3) is 5.50. The number of hydrogen-bond donors (Lipinski definition) is 1. The number of carbonyl (C=O) groups excluding carboxylic acids is 2. The average molecular weight is 335 g/mol. The van der Waals surface area contributed by atoms with E-state index in [1.54, 1.807) is 4.90 Å². The zero-order valence-corrected chi connectivity index (χ0v) is 16.1. The van der Waals surface area contributed by atoms with E-state index >= 15 is 0 Å². The van der Waals surface area contributed by atoms with Crippen LogP contribution in [0.3, 0.4) is 0 Å². The molecule has 1 saturated heterocycles. The maximum atomic E-state index is 12.5. The third-order valence-electron chi connectivity index (χ3n) is 4.53. The number of aliphatic hydroxyl groups excluding tert-OH is 1. The molecule has 0 aliphatic carbocycles. The van der Waals surface area contributed by atoms with Crippen LogP contribution in [0.5, 0.6) is 0 Å². The minimum Gasteiger partial charge on any atom is -0.512 e. The van der Waals surface area contributed by atoms with E-state index < -0.39 is 6.04 Å². The van der Waals surface area contributed by atoms with Crippen molar-refractivity contribution in [1.29, 1.82) is 0 Å². The molecule has 1 heterocycles. The molecule has 0 spiro atoms. The first-order valence-electron chi connectivity index (χ1n) is 9.03. The Kier molecular flexibility index (Phi) is 7.71. The molecule has 24 heavy (non-hydrogen) atoms. The number of aliphatic hydroxyl groups is 1. The summed E-state index contributed by atoms with van der Waals surface area (Å²) in [6, 6.07) is -0.417. The first-order chi connectivity index (χ1) is 11.1. The monoisotopic (exact) mass is 335 g/mol. The van der Waals surface area contributed by atoms with Gasteiger partial charge in [0.1, 0.15) is 11.3 Å². The number of likely N-dealkylation sites (tertiary alicyclic amines) is 1. The van der Waals surface area contributed by atoms with Gasteiger partial charge in [-0.05, 0) is 58.3 Å². The van der Waals surface area contributed by atoms with Crippen molar-refractivity contribution >= 4 is 11.7 Å². The molecule has 1 amide bonds. The second-order valence-corrected chi connectivity index (χ2v) is 7.72. The highest BCUT2D eigenvalue weighted by atomic mass is 16.3. The second-order valence-electron chi connectivity index (χ2n) is 7.72. The molecule has 2 unspecified atom stereocenters. The Balaban J connectivity index is 2.75. The van der Waals surface area contributed by atoms with Gasteiger partial charge in [0, 0.05) is 6.54 Å². The van der Waals surface area contributed by atoms with Crippen LogP contribution in [0.4, 0.5) is 0 Å². The molecule has 2 atom stereocenters. The zero-order valence-electron chi connectivity index (χ0n) is 16.1. The van der Waals surface area contributed by atoms with Crippen molar-refractivity contribution in [1.82, 2.24) is 4.90 Å². The quantitative estimate of drug-likeness (QED) is 0.309. The van der Waals surface area contributed by atoms with Crippen LogP contribution in [0.2, 0.25) is 0 Å². The van der Waals surface area contributed by atoms with Gasteiger partial charge in [-0.15, -0.1) is 0 Å². The molecule has 0 saturated carbocycles. The van der Waals surface area contributed by atoms with Crippen molar-refractivity contribution < 1.29 is 14.7 Å². The number of nitrogens with zero attached hydrogens (tertiary/aromatic N) is 1. The molecule has 0 aromatic carbocycles. The van der Waals surface area contributed by atoms with Gasteiger partial charge in [-0.1, -0.05) is 32.4 Å². The first kappa shape index (κ1) is 20.5. The van der Waals surface area contributed by atoms with Crippen LogP contribution < -0.4 is 0 Å². The van der Waals surface area contributed by atoms with Crippen LogP contribution in [0.15, 0.2) is 23.0 Å². The Morgan fingerprint density at radius 1 is 1.17 bits per heavy atom. The van der Waals surface area contributed by atoms with Crippen molar-refractivity contribution in [3.63, 3.8) is 0 Å². The standard InChI is InChI=1S/C20H33NO3/c1-13(2)8-7-9-15(5)10-11-21-17(12-14(3)4)19(23)18(16(6)22)20(21)24/h8,14-15,17,22H,7,9-12H2,1-6H3/b18-16-. The maximum Gasteiger partial charge on any atom is 0.261 e. The Bertz CT molecular complexity index is 523. The van der Waals surface area contributed by atoms with Crippen LogP contribution in [-0.4, -0.2) is 34.3 Å². The minimum atomic E-state index is -0.417. The van der Waals surface area contributed by atoms with Gasteiger partial charge in [0.15, 0.2) is 5.78 Å². The fourth-order valence-corrected chi connectivity index (χ4v) is 3.13. The summed E-state index contributed by atoms with van der Waals surface area (Å²) in [5.74, 6) is 0.139. The minimum absolute atomic E-state index is 0.0159. The molecule has 0 bridgehead atoms. The maximum absolute atomic E-state index is 12.5. The second kappa shape index (κ2) is 9.05. The van der Waals surface area contributed by atoms with E-state index in [-0.39, 0.29) is 23.0 Å². The van der Waals surface area contributed by atoms with Crippen molar-refractivity contribution in [2.75, 3.05) is 6.54 Å². The summed E-state index contributed by atoms with van der Waals surface area (Å²) in [7, 11) is 0. The molecule has 1 aliphatic rings. The summed E-state index contributed by atoms with van der Waals surface area (Å²) in [6.07, 6.45) is 5.89. The molecule has 1 aliphatic heterocycles. The van der Waals surface area contributed by atoms with Gasteiger partial charge in [-0.25, -0.2) is 0 Å². The molecule has 0 aromatic heterocycles. The molecule has 4 nitrogen and oxygen atoms in total. The lowest BCUT2D eigenvalue weighted by Crippen LogP contribution is -2.37. The number of ketones is 1. The summed E-state index contributed by atoms with van der Waals surface area (Å²) in [4.78, 5) is 26.7. The normalized spacial score (nSPS) is 21.5. The van der Waals surface area contributed by atoms with E-state index in [1.165, 1.54) is 12.5 Å². The summed E-state index contributed by atoms with van der Waals surface area (Å²) in [5.41, 5.74) is 1.31. The SMILES string of the molecule is CC(C)=CCCC(C)CCN1C(=O)/C(=C(/C)O)C(=O)C1CC(C)C. The van der Waals surface area contributed by atoms with E-state index in [0.29, 0.717) is 24.8 Å². The number of rotatable bonds is 8. The van der Waals surface area contributed by atoms with Gasteiger partial charge >= 0.3 is 0 Å². The molecule has 4 heteroatoms. The molecule has 0 aromatic rings. The predicted octanol–water partition coefficient (Wildman–Crippen LogP) is 4.42. The lowest BCUT2D eigenvalue weighted by atomic mass is 9.98. The van der Waals surface area contributed by atoms with E-state index in [4.69, 9.17) is 0 Å². The Morgan fingerprint density at radius 2 is 1.79 bits per heavy atom. The van der Waals surface area contributed by atoms with E-state index in [9.17, 15) is 14.7 Å². The van der Waals surface area contributed by atoms with Crippen molar-refractivity contribution in [3.05, 3.63) is 23.0 Å². The highest BCUT2D eigenvalue weighted by molar-refractivity contribution is 6.26. The lowest BCUT2D eigenvalue weighted by molar-refractivity contribution is -0.127. The summed E-state index contributed by atoms with van der Waals surface area (Å²) in [5, 5.41) is 9.71. The molecule has 1 N–H and O–H groups in total. The summed E-state index contributed by atoms with van der Waals surface area (Å²) < 4.78 is 0. The van der Waals surface area contributed by atoms with Gasteiger partial charge in [0.05, 0.1) is 6.04 Å². The molecule has 1 fully saturated rings. The third-order valence-corrected chi connectivity index (χ3v) is 4.53. The van der Waals surface area contributed by atoms with Crippen molar-refractivity contribution in [3.8, 4) is 0 Å². The van der Waals surface area contributed by atoms with Gasteiger partial charge in [-0.2, -0.15) is 0 Å². The number of Topliss-reactive ketones (excluding diaryl/α,β-unsaturated/α-hetero) is 1. The summed E-state index contributed by atoms with van der Waals surface area (Å²) in [6.45, 7) is 12.5. The fourth-order valence-electron chi connectivity index (χ4n) is 3.13. The van der Waals surface area contributed by atoms with Crippen molar-refractivity contribution in [2.45, 2.75) is 73.3 Å². The number of allylic oxidation sites excluding steroid dienone is 3. The fraction of sp³-hybridized carbons (Fsp3) is 0.700. The summed E-state index contributed by atoms with van der Waals surface area (Å²) >= 11 is 0. The lowest BCUT2D eigenvalue weighted by Gasteiger charge is -2.25. The highest BCUT2D eigenvalue weighted by Gasteiger charge is 2.44. The highest BCUT2D eigenvalue weighted by Crippen LogP contribution is 2.28. The molecule has 136 valence electrons. The number of hydrogen-bond acceptors (Lipinski definition) is 3. The average Bonchev–Trinajstić information content (AvgIpc) is 2.67. The zero-order chi connectivity index (χ0) is 18.4. The van der Waals surface area contributed by atoms with Crippen LogP contribution in [0, 0.1) is 11.8 Å².